The van der Waals surface area contributed by atoms with Gasteiger partial charge in [-0.05, 0) is 26.7 Å². The first-order valence-corrected chi connectivity index (χ1v) is 12.0. The molecule has 0 radical (unpaired) electrons. The molecule has 0 aliphatic carbocycles. The summed E-state index contributed by atoms with van der Waals surface area (Å²) in [6.45, 7) is 15.9. The van der Waals surface area contributed by atoms with Crippen LogP contribution in [0.2, 0.25) is 0 Å². The topological polar surface area (TPSA) is 52.6 Å². The Morgan fingerprint density at radius 1 is 0.533 bits per heavy atom. The Balaban J connectivity index is 0. The molecule has 0 heterocycles. The lowest BCUT2D eigenvalue weighted by atomic mass is 10.1. The average molecular weight is 425 g/mol. The molecule has 30 heavy (non-hydrogen) atoms. The van der Waals surface area contributed by atoms with Crippen molar-refractivity contribution in [3.05, 3.63) is 24.3 Å². The van der Waals surface area contributed by atoms with Gasteiger partial charge in [-0.25, -0.2) is 9.59 Å². The van der Waals surface area contributed by atoms with Crippen LogP contribution in [0, 0.1) is 0 Å². The maximum Gasteiger partial charge on any atom is 0.333 e. The zero-order chi connectivity index (χ0) is 23.0. The Bertz CT molecular complexity index is 454. The first-order valence-electron chi connectivity index (χ1n) is 12.0. The fourth-order valence-electron chi connectivity index (χ4n) is 2.69. The van der Waals surface area contributed by atoms with Crippen molar-refractivity contribution < 1.29 is 19.1 Å². The molecule has 4 heteroatoms. The van der Waals surface area contributed by atoms with E-state index in [-0.39, 0.29) is 11.9 Å². The summed E-state index contributed by atoms with van der Waals surface area (Å²) in [6.07, 6.45) is 17.5. The van der Waals surface area contributed by atoms with Crippen molar-refractivity contribution in [3.8, 4) is 0 Å². The summed E-state index contributed by atoms with van der Waals surface area (Å²) < 4.78 is 9.95. The van der Waals surface area contributed by atoms with Crippen molar-refractivity contribution in [1.29, 1.82) is 0 Å². The summed E-state index contributed by atoms with van der Waals surface area (Å²) in [5, 5.41) is 0. The molecule has 0 aromatic rings. The largest absolute Gasteiger partial charge is 0.462 e. The van der Waals surface area contributed by atoms with Crippen LogP contribution >= 0.6 is 0 Å². The maximum absolute atomic E-state index is 11.1. The Morgan fingerprint density at radius 3 is 1.10 bits per heavy atom. The lowest BCUT2D eigenvalue weighted by molar-refractivity contribution is -0.139. The second-order valence-electron chi connectivity index (χ2n) is 8.08. The smallest absolute Gasteiger partial charge is 0.333 e. The van der Waals surface area contributed by atoms with E-state index in [1.54, 1.807) is 13.8 Å². The minimum atomic E-state index is -0.272. The van der Waals surface area contributed by atoms with Crippen LogP contribution in [0.4, 0.5) is 0 Å². The van der Waals surface area contributed by atoms with Gasteiger partial charge in [0, 0.05) is 11.1 Å². The van der Waals surface area contributed by atoms with Crippen molar-refractivity contribution in [2.45, 2.75) is 118 Å². The highest BCUT2D eigenvalue weighted by Gasteiger charge is 2.02. The highest BCUT2D eigenvalue weighted by molar-refractivity contribution is 5.87. The molecule has 0 atom stereocenters. The lowest BCUT2D eigenvalue weighted by Crippen LogP contribution is -2.05. The van der Waals surface area contributed by atoms with E-state index in [0.29, 0.717) is 24.4 Å². The number of hydrogen-bond donors (Lipinski definition) is 0. The van der Waals surface area contributed by atoms with Crippen molar-refractivity contribution in [3.63, 3.8) is 0 Å². The van der Waals surface area contributed by atoms with Gasteiger partial charge in [-0.1, -0.05) is 104 Å². The summed E-state index contributed by atoms with van der Waals surface area (Å²) in [5.41, 5.74) is 0.965. The first kappa shape index (κ1) is 30.6. The summed E-state index contributed by atoms with van der Waals surface area (Å²) in [7, 11) is 0. The van der Waals surface area contributed by atoms with Crippen LogP contribution in [0.5, 0.6) is 0 Å². The van der Waals surface area contributed by atoms with Gasteiger partial charge in [0.1, 0.15) is 0 Å². The molecule has 0 bridgehead atoms. The van der Waals surface area contributed by atoms with Gasteiger partial charge < -0.3 is 9.47 Å². The van der Waals surface area contributed by atoms with Crippen molar-refractivity contribution in [2.24, 2.45) is 0 Å². The second-order valence-corrected chi connectivity index (χ2v) is 8.08. The Hall–Kier alpha value is -1.58. The highest BCUT2D eigenvalue weighted by Crippen LogP contribution is 2.10. The number of esters is 2. The fourth-order valence-corrected chi connectivity index (χ4v) is 2.69. The molecule has 0 aliphatic rings. The molecule has 0 unspecified atom stereocenters. The molecule has 0 N–H and O–H groups in total. The van der Waals surface area contributed by atoms with E-state index < -0.39 is 0 Å². The number of carbonyl (C=O) groups is 2. The average Bonchev–Trinajstić information content (AvgIpc) is 2.71. The van der Waals surface area contributed by atoms with Crippen LogP contribution in [-0.4, -0.2) is 25.2 Å². The molecule has 0 saturated heterocycles. The van der Waals surface area contributed by atoms with Gasteiger partial charge >= 0.3 is 11.9 Å². The van der Waals surface area contributed by atoms with E-state index in [9.17, 15) is 9.59 Å². The molecule has 0 fully saturated rings. The third kappa shape index (κ3) is 24.5. The van der Waals surface area contributed by atoms with Crippen LogP contribution in [0.3, 0.4) is 0 Å². The Labute approximate surface area is 186 Å². The molecule has 176 valence electrons. The normalized spacial score (nSPS) is 10.0. The number of carbonyl (C=O) groups excluding carboxylic acids is 2. The fraction of sp³-hybridized carbons (Fsp3) is 0.769. The predicted molar refractivity (Wildman–Crippen MR) is 128 cm³/mol. The van der Waals surface area contributed by atoms with Gasteiger partial charge in [-0.15, -0.1) is 0 Å². The Morgan fingerprint density at radius 2 is 0.800 bits per heavy atom. The van der Waals surface area contributed by atoms with E-state index in [1.165, 1.54) is 70.6 Å². The van der Waals surface area contributed by atoms with Gasteiger partial charge in [0.2, 0.25) is 0 Å². The molecule has 0 aromatic carbocycles. The van der Waals surface area contributed by atoms with E-state index in [4.69, 9.17) is 9.47 Å². The molecule has 0 amide bonds. The predicted octanol–water partition coefficient (Wildman–Crippen LogP) is 7.71. The first-order chi connectivity index (χ1) is 14.4. The van der Waals surface area contributed by atoms with Crippen molar-refractivity contribution in [2.75, 3.05) is 13.2 Å². The van der Waals surface area contributed by atoms with Gasteiger partial charge in [0.25, 0.3) is 0 Å². The monoisotopic (exact) mass is 424 g/mol. The second kappa shape index (κ2) is 23.7. The van der Waals surface area contributed by atoms with E-state index in [0.717, 1.165) is 19.3 Å². The van der Waals surface area contributed by atoms with Crippen LogP contribution < -0.4 is 0 Å². The van der Waals surface area contributed by atoms with Crippen LogP contribution in [0.15, 0.2) is 24.3 Å². The molecule has 0 spiro atoms. The summed E-state index contributed by atoms with van der Waals surface area (Å²) in [4.78, 5) is 21.9. The molecule has 0 aliphatic heterocycles. The molecule has 0 saturated carbocycles. The number of hydrogen-bond acceptors (Lipinski definition) is 4. The zero-order valence-electron chi connectivity index (χ0n) is 20.4. The molecular formula is C26H48O4. The Kier molecular flexibility index (Phi) is 24.2. The van der Waals surface area contributed by atoms with Crippen LogP contribution in [0.1, 0.15) is 118 Å². The summed E-state index contributed by atoms with van der Waals surface area (Å²) in [6, 6.07) is 0. The van der Waals surface area contributed by atoms with E-state index in [2.05, 4.69) is 27.0 Å². The van der Waals surface area contributed by atoms with E-state index >= 15 is 0 Å². The van der Waals surface area contributed by atoms with Gasteiger partial charge in [-0.3, -0.25) is 0 Å². The summed E-state index contributed by atoms with van der Waals surface area (Å²) in [5.74, 6) is -0.530. The van der Waals surface area contributed by atoms with Crippen molar-refractivity contribution >= 4 is 11.9 Å². The molecular weight excluding hydrogens is 376 g/mol. The number of unbranched alkanes of at least 4 members (excludes halogenated alkanes) is 12. The quantitative estimate of drug-likeness (QED) is 0.128. The van der Waals surface area contributed by atoms with Crippen molar-refractivity contribution in [1.82, 2.24) is 0 Å². The number of rotatable bonds is 18. The summed E-state index contributed by atoms with van der Waals surface area (Å²) >= 11 is 0. The van der Waals surface area contributed by atoms with Crippen LogP contribution in [0.25, 0.3) is 0 Å². The number of ether oxygens (including phenoxy) is 2. The van der Waals surface area contributed by atoms with Gasteiger partial charge in [0.15, 0.2) is 0 Å². The van der Waals surface area contributed by atoms with E-state index in [1.807, 2.05) is 0 Å². The minimum Gasteiger partial charge on any atom is -0.462 e. The lowest BCUT2D eigenvalue weighted by Gasteiger charge is -2.04. The third-order valence-electron chi connectivity index (χ3n) is 4.66. The molecule has 0 rings (SSSR count). The maximum atomic E-state index is 11.1. The van der Waals surface area contributed by atoms with Gasteiger partial charge in [0.05, 0.1) is 13.2 Å². The molecule has 4 nitrogen and oxygen atoms in total. The minimum absolute atomic E-state index is 0.258. The standard InChI is InChI=1S/C16H30O2.C10H18O2/c1-4-5-6-7-8-9-10-11-12-13-14-18-16(17)15(2)3;1-4-5-6-7-8-12-10(11)9(2)3/h2,4-14H2,1,3H3;2,4-8H2,1,3H3. The highest BCUT2D eigenvalue weighted by atomic mass is 16.5. The third-order valence-corrected chi connectivity index (χ3v) is 4.66. The molecule has 0 aromatic heterocycles. The van der Waals surface area contributed by atoms with Crippen LogP contribution in [-0.2, 0) is 19.1 Å². The zero-order valence-corrected chi connectivity index (χ0v) is 20.4. The van der Waals surface area contributed by atoms with Gasteiger partial charge in [-0.2, -0.15) is 0 Å². The SMILES string of the molecule is C=C(C)C(=O)OCCCCCC.C=C(C)C(=O)OCCCCCCCCCCCC.